The Morgan fingerprint density at radius 3 is 2.61 bits per heavy atom. The van der Waals surface area contributed by atoms with Gasteiger partial charge in [0, 0.05) is 9.13 Å². The Morgan fingerprint density at radius 1 is 1.22 bits per heavy atom. The molecule has 0 amide bonds. The Kier molecular flexibility index (Phi) is 4.25. The van der Waals surface area contributed by atoms with Crippen LogP contribution in [-0.4, -0.2) is 0 Å². The summed E-state index contributed by atoms with van der Waals surface area (Å²) in [6, 6.07) is 9.98. The maximum atomic E-state index is 13.8. The van der Waals surface area contributed by atoms with Crippen LogP contribution in [0.4, 0.5) is 4.39 Å². The van der Waals surface area contributed by atoms with E-state index in [1.165, 1.54) is 6.07 Å². The lowest BCUT2D eigenvalue weighted by molar-refractivity contribution is 0.599. The highest BCUT2D eigenvalue weighted by molar-refractivity contribution is 14.1. The van der Waals surface area contributed by atoms with E-state index in [0.717, 1.165) is 14.7 Å². The number of hydrogen-bond acceptors (Lipinski definition) is 1. The van der Waals surface area contributed by atoms with Gasteiger partial charge in [0.2, 0.25) is 0 Å². The molecule has 0 aromatic heterocycles. The summed E-state index contributed by atoms with van der Waals surface area (Å²) in [4.78, 5) is 0. The van der Waals surface area contributed by atoms with Crippen LogP contribution in [0.3, 0.4) is 0 Å². The first-order valence-electron chi connectivity index (χ1n) is 5.45. The van der Waals surface area contributed by atoms with Gasteiger partial charge in [0.05, 0.1) is 11.1 Å². The Bertz CT molecular complexity index is 586. The number of halogens is 3. The van der Waals surface area contributed by atoms with Crippen LogP contribution in [-0.2, 0) is 0 Å². The van der Waals surface area contributed by atoms with E-state index in [1.807, 2.05) is 19.1 Å². The summed E-state index contributed by atoms with van der Waals surface area (Å²) in [5, 5.41) is 0.636. The van der Waals surface area contributed by atoms with Crippen molar-refractivity contribution in [2.45, 2.75) is 13.0 Å². The van der Waals surface area contributed by atoms with E-state index in [2.05, 4.69) is 22.6 Å². The zero-order valence-corrected chi connectivity index (χ0v) is 12.7. The van der Waals surface area contributed by atoms with E-state index in [9.17, 15) is 4.39 Å². The topological polar surface area (TPSA) is 26.0 Å². The largest absolute Gasteiger partial charge is 0.320 e. The van der Waals surface area contributed by atoms with Crippen molar-refractivity contribution in [1.29, 1.82) is 0 Å². The van der Waals surface area contributed by atoms with E-state index in [4.69, 9.17) is 17.3 Å². The highest BCUT2D eigenvalue weighted by Gasteiger charge is 2.14. The molecule has 0 aliphatic rings. The molecular weight excluding hydrogens is 364 g/mol. The number of nitrogens with two attached hydrogens (primary N) is 1. The van der Waals surface area contributed by atoms with Gasteiger partial charge in [-0.2, -0.15) is 0 Å². The van der Waals surface area contributed by atoms with Gasteiger partial charge in [-0.25, -0.2) is 4.39 Å². The van der Waals surface area contributed by atoms with Crippen molar-refractivity contribution in [3.8, 4) is 0 Å². The third-order valence-corrected chi connectivity index (χ3v) is 4.36. The SMILES string of the molecule is Cc1ccc(F)c(C(N)c2ccc(I)c(Cl)c2)c1. The maximum Gasteiger partial charge on any atom is 0.128 e. The van der Waals surface area contributed by atoms with E-state index >= 15 is 0 Å². The first-order valence-corrected chi connectivity index (χ1v) is 6.91. The fourth-order valence-electron chi connectivity index (χ4n) is 1.79. The smallest absolute Gasteiger partial charge is 0.128 e. The Balaban J connectivity index is 2.44. The number of aryl methyl sites for hydroxylation is 1. The monoisotopic (exact) mass is 375 g/mol. The predicted molar refractivity (Wildman–Crippen MR) is 81.3 cm³/mol. The molecule has 94 valence electrons. The van der Waals surface area contributed by atoms with Crippen LogP contribution >= 0.6 is 34.2 Å². The lowest BCUT2D eigenvalue weighted by Crippen LogP contribution is -2.14. The van der Waals surface area contributed by atoms with Gasteiger partial charge >= 0.3 is 0 Å². The molecule has 0 saturated carbocycles. The minimum absolute atomic E-state index is 0.289. The van der Waals surface area contributed by atoms with Crippen LogP contribution in [0.5, 0.6) is 0 Å². The molecule has 18 heavy (non-hydrogen) atoms. The molecule has 2 rings (SSSR count). The van der Waals surface area contributed by atoms with Crippen molar-refractivity contribution in [1.82, 2.24) is 0 Å². The zero-order chi connectivity index (χ0) is 13.3. The van der Waals surface area contributed by atoms with Gasteiger partial charge in [-0.3, -0.25) is 0 Å². The summed E-state index contributed by atoms with van der Waals surface area (Å²) in [6.07, 6.45) is 0. The van der Waals surface area contributed by atoms with Gasteiger partial charge in [0.25, 0.3) is 0 Å². The van der Waals surface area contributed by atoms with E-state index in [-0.39, 0.29) is 5.82 Å². The van der Waals surface area contributed by atoms with Gasteiger partial charge in [0.15, 0.2) is 0 Å². The second kappa shape index (κ2) is 5.55. The van der Waals surface area contributed by atoms with Crippen molar-refractivity contribution >= 4 is 34.2 Å². The summed E-state index contributed by atoms with van der Waals surface area (Å²) < 4.78 is 14.7. The van der Waals surface area contributed by atoms with Crippen LogP contribution in [0.1, 0.15) is 22.7 Å². The molecule has 0 heterocycles. The molecule has 0 saturated heterocycles. The van der Waals surface area contributed by atoms with Crippen LogP contribution < -0.4 is 5.73 Å². The highest BCUT2D eigenvalue weighted by Crippen LogP contribution is 2.27. The molecule has 2 N–H and O–H groups in total. The number of rotatable bonds is 2. The fraction of sp³-hybridized carbons (Fsp3) is 0.143. The van der Waals surface area contributed by atoms with Crippen LogP contribution in [0.25, 0.3) is 0 Å². The number of hydrogen-bond donors (Lipinski definition) is 1. The van der Waals surface area contributed by atoms with E-state index in [1.54, 1.807) is 18.2 Å². The summed E-state index contributed by atoms with van der Waals surface area (Å²) in [7, 11) is 0. The summed E-state index contributed by atoms with van der Waals surface area (Å²) in [5.74, 6) is -0.289. The molecule has 0 bridgehead atoms. The van der Waals surface area contributed by atoms with Crippen LogP contribution in [0.2, 0.25) is 5.02 Å². The van der Waals surface area contributed by atoms with Gasteiger partial charge < -0.3 is 5.73 Å². The molecule has 0 aliphatic heterocycles. The molecule has 0 radical (unpaired) electrons. The quantitative estimate of drug-likeness (QED) is 0.772. The van der Waals surface area contributed by atoms with Crippen molar-refractivity contribution in [2.75, 3.05) is 0 Å². The minimum Gasteiger partial charge on any atom is -0.320 e. The van der Waals surface area contributed by atoms with Crippen LogP contribution in [0, 0.1) is 16.3 Å². The molecular formula is C14H12ClFIN. The van der Waals surface area contributed by atoms with Gasteiger partial charge in [0.1, 0.15) is 5.82 Å². The van der Waals surface area contributed by atoms with Gasteiger partial charge in [-0.05, 0) is 53.3 Å². The highest BCUT2D eigenvalue weighted by atomic mass is 127. The zero-order valence-electron chi connectivity index (χ0n) is 9.75. The first kappa shape index (κ1) is 13.8. The third-order valence-electron chi connectivity index (χ3n) is 2.79. The molecule has 1 nitrogen and oxygen atoms in total. The Labute approximate surface area is 124 Å². The average molecular weight is 376 g/mol. The van der Waals surface area contributed by atoms with E-state index < -0.39 is 6.04 Å². The second-order valence-corrected chi connectivity index (χ2v) is 5.75. The van der Waals surface area contributed by atoms with Gasteiger partial charge in [-0.1, -0.05) is 35.4 Å². The lowest BCUT2D eigenvalue weighted by Gasteiger charge is -2.15. The van der Waals surface area contributed by atoms with Crippen molar-refractivity contribution in [3.05, 3.63) is 67.5 Å². The predicted octanol–water partition coefficient (Wildman–Crippen LogP) is 4.44. The van der Waals surface area contributed by atoms with Crippen LogP contribution in [0.15, 0.2) is 36.4 Å². The third kappa shape index (κ3) is 2.84. The van der Waals surface area contributed by atoms with Gasteiger partial charge in [-0.15, -0.1) is 0 Å². The Morgan fingerprint density at radius 2 is 1.94 bits per heavy atom. The summed E-state index contributed by atoms with van der Waals surface area (Å²) in [5.41, 5.74) is 8.39. The van der Waals surface area contributed by atoms with Crippen molar-refractivity contribution in [2.24, 2.45) is 5.73 Å². The maximum absolute atomic E-state index is 13.8. The normalized spacial score (nSPS) is 12.5. The Hall–Kier alpha value is -0.650. The minimum atomic E-state index is -0.501. The fourth-order valence-corrected chi connectivity index (χ4v) is 2.31. The molecule has 2 aromatic carbocycles. The standard InChI is InChI=1S/C14H12ClFIN/c1-8-2-4-12(16)10(6-8)14(18)9-3-5-13(17)11(15)7-9/h2-7,14H,18H2,1H3. The van der Waals surface area contributed by atoms with Crippen molar-refractivity contribution in [3.63, 3.8) is 0 Å². The molecule has 1 unspecified atom stereocenters. The van der Waals surface area contributed by atoms with Crippen molar-refractivity contribution < 1.29 is 4.39 Å². The molecule has 4 heteroatoms. The average Bonchev–Trinajstić information content (AvgIpc) is 2.35. The lowest BCUT2D eigenvalue weighted by atomic mass is 9.98. The molecule has 0 spiro atoms. The summed E-state index contributed by atoms with van der Waals surface area (Å²) >= 11 is 8.20. The molecule has 0 aliphatic carbocycles. The molecule has 2 aromatic rings. The molecule has 1 atom stereocenters. The molecule has 0 fully saturated rings. The summed E-state index contributed by atoms with van der Waals surface area (Å²) in [6.45, 7) is 1.91. The van der Waals surface area contributed by atoms with E-state index in [0.29, 0.717) is 10.6 Å². The second-order valence-electron chi connectivity index (χ2n) is 4.18. The number of benzene rings is 2. The first-order chi connectivity index (χ1) is 8.49.